The Labute approximate surface area is 112 Å². The first kappa shape index (κ1) is 13.4. The van der Waals surface area contributed by atoms with Crippen LogP contribution in [0.2, 0.25) is 0 Å². The second-order valence-corrected chi connectivity index (χ2v) is 5.71. The van der Waals surface area contributed by atoms with Crippen molar-refractivity contribution in [3.63, 3.8) is 0 Å². The van der Waals surface area contributed by atoms with Gasteiger partial charge < -0.3 is 10.2 Å². The summed E-state index contributed by atoms with van der Waals surface area (Å²) in [5.74, 6) is 0.697. The Bertz CT molecular complexity index is 379. The predicted octanol–water partition coefficient (Wildman–Crippen LogP) is 1.53. The fourth-order valence-electron chi connectivity index (χ4n) is 1.94. The maximum atomic E-state index is 12.0. The summed E-state index contributed by atoms with van der Waals surface area (Å²) in [7, 11) is 1.81. The standard InChI is InChI=1S/C13H19N3OS/c1-16(11-3-2-6-15-9-11)13(17)10-18-12-4-7-14-8-5-12/h2-3,6,9,12,14H,4-5,7-8,10H2,1H3. The van der Waals surface area contributed by atoms with Gasteiger partial charge in [-0.05, 0) is 38.1 Å². The lowest BCUT2D eigenvalue weighted by molar-refractivity contribution is -0.115. The molecular formula is C13H19N3OS. The monoisotopic (exact) mass is 265 g/mol. The van der Waals surface area contributed by atoms with Gasteiger partial charge in [0.15, 0.2) is 0 Å². The van der Waals surface area contributed by atoms with E-state index in [1.165, 1.54) is 0 Å². The van der Waals surface area contributed by atoms with E-state index >= 15 is 0 Å². The Hall–Kier alpha value is -1.07. The number of hydrogen-bond donors (Lipinski definition) is 1. The molecule has 18 heavy (non-hydrogen) atoms. The molecule has 0 unspecified atom stereocenters. The van der Waals surface area contributed by atoms with Gasteiger partial charge in [0.05, 0.1) is 17.6 Å². The van der Waals surface area contributed by atoms with Crippen molar-refractivity contribution < 1.29 is 4.79 Å². The average molecular weight is 265 g/mol. The number of anilines is 1. The lowest BCUT2D eigenvalue weighted by Gasteiger charge is -2.23. The van der Waals surface area contributed by atoms with Gasteiger partial charge in [0.2, 0.25) is 5.91 Å². The Morgan fingerprint density at radius 1 is 1.56 bits per heavy atom. The highest BCUT2D eigenvalue weighted by atomic mass is 32.2. The number of nitrogens with zero attached hydrogens (tertiary/aromatic N) is 2. The molecule has 0 aliphatic carbocycles. The van der Waals surface area contributed by atoms with E-state index in [1.54, 1.807) is 29.1 Å². The van der Waals surface area contributed by atoms with Crippen LogP contribution in [0.15, 0.2) is 24.5 Å². The summed E-state index contributed by atoms with van der Waals surface area (Å²) in [5.41, 5.74) is 0.855. The quantitative estimate of drug-likeness (QED) is 0.897. The largest absolute Gasteiger partial charge is 0.317 e. The number of hydrogen-bond acceptors (Lipinski definition) is 4. The number of piperidine rings is 1. The summed E-state index contributed by atoms with van der Waals surface area (Å²) in [4.78, 5) is 17.8. The minimum atomic E-state index is 0.145. The summed E-state index contributed by atoms with van der Waals surface area (Å²) >= 11 is 1.78. The number of pyridine rings is 1. The first-order valence-corrected chi connectivity index (χ1v) is 7.31. The summed E-state index contributed by atoms with van der Waals surface area (Å²) in [6.45, 7) is 2.15. The zero-order valence-corrected chi connectivity index (χ0v) is 11.4. The smallest absolute Gasteiger partial charge is 0.236 e. The summed E-state index contributed by atoms with van der Waals surface area (Å²) in [6, 6.07) is 3.75. The van der Waals surface area contributed by atoms with Gasteiger partial charge in [-0.25, -0.2) is 0 Å². The second kappa shape index (κ2) is 6.75. The molecule has 1 amide bonds. The van der Waals surface area contributed by atoms with E-state index in [2.05, 4.69) is 10.3 Å². The van der Waals surface area contributed by atoms with Gasteiger partial charge in [-0.2, -0.15) is 0 Å². The normalized spacial score (nSPS) is 16.5. The van der Waals surface area contributed by atoms with Crippen molar-refractivity contribution in [2.45, 2.75) is 18.1 Å². The van der Waals surface area contributed by atoms with E-state index in [4.69, 9.17) is 0 Å². The van der Waals surface area contributed by atoms with Crippen molar-refractivity contribution in [1.29, 1.82) is 0 Å². The van der Waals surface area contributed by atoms with Crippen molar-refractivity contribution in [3.05, 3.63) is 24.5 Å². The van der Waals surface area contributed by atoms with Gasteiger partial charge in [0.1, 0.15) is 0 Å². The molecule has 1 saturated heterocycles. The molecule has 5 heteroatoms. The van der Waals surface area contributed by atoms with E-state index in [0.717, 1.165) is 31.6 Å². The summed E-state index contributed by atoms with van der Waals surface area (Å²) in [5, 5.41) is 3.96. The third-order valence-electron chi connectivity index (χ3n) is 3.14. The van der Waals surface area contributed by atoms with Crippen LogP contribution in [0.5, 0.6) is 0 Å². The molecular weight excluding hydrogens is 246 g/mol. The first-order valence-electron chi connectivity index (χ1n) is 6.26. The highest BCUT2D eigenvalue weighted by Crippen LogP contribution is 2.21. The van der Waals surface area contributed by atoms with Crippen LogP contribution >= 0.6 is 11.8 Å². The van der Waals surface area contributed by atoms with Crippen molar-refractivity contribution in [2.75, 3.05) is 30.8 Å². The van der Waals surface area contributed by atoms with Gasteiger partial charge in [0.25, 0.3) is 0 Å². The number of carbonyl (C=O) groups is 1. The van der Waals surface area contributed by atoms with Crippen molar-refractivity contribution in [2.24, 2.45) is 0 Å². The molecule has 1 aliphatic heterocycles. The van der Waals surface area contributed by atoms with Crippen LogP contribution in [-0.4, -0.2) is 42.0 Å². The first-order chi connectivity index (χ1) is 8.77. The van der Waals surface area contributed by atoms with Crippen molar-refractivity contribution in [3.8, 4) is 0 Å². The Balaban J connectivity index is 1.80. The van der Waals surface area contributed by atoms with E-state index < -0.39 is 0 Å². The summed E-state index contributed by atoms with van der Waals surface area (Å²) in [6.07, 6.45) is 5.75. The molecule has 0 atom stereocenters. The van der Waals surface area contributed by atoms with E-state index in [-0.39, 0.29) is 5.91 Å². The van der Waals surface area contributed by atoms with Gasteiger partial charge in [0, 0.05) is 18.5 Å². The molecule has 1 aromatic rings. The number of carbonyl (C=O) groups excluding carboxylic acids is 1. The fraction of sp³-hybridized carbons (Fsp3) is 0.538. The van der Waals surface area contributed by atoms with Crippen LogP contribution < -0.4 is 10.2 Å². The molecule has 1 aromatic heterocycles. The van der Waals surface area contributed by atoms with E-state index in [9.17, 15) is 4.79 Å². The Morgan fingerprint density at radius 3 is 3.00 bits per heavy atom. The lowest BCUT2D eigenvalue weighted by Crippen LogP contribution is -2.32. The maximum Gasteiger partial charge on any atom is 0.236 e. The maximum absolute atomic E-state index is 12.0. The zero-order chi connectivity index (χ0) is 12.8. The highest BCUT2D eigenvalue weighted by molar-refractivity contribution is 8.00. The molecule has 1 aliphatic rings. The number of amides is 1. The predicted molar refractivity (Wildman–Crippen MR) is 76.0 cm³/mol. The van der Waals surface area contributed by atoms with E-state index in [0.29, 0.717) is 11.0 Å². The second-order valence-electron chi connectivity index (χ2n) is 4.42. The lowest BCUT2D eigenvalue weighted by atomic mass is 10.2. The van der Waals surface area contributed by atoms with Crippen molar-refractivity contribution in [1.82, 2.24) is 10.3 Å². The van der Waals surface area contributed by atoms with Crippen LogP contribution in [0.25, 0.3) is 0 Å². The molecule has 0 aromatic carbocycles. The van der Waals surface area contributed by atoms with Gasteiger partial charge in [-0.3, -0.25) is 9.78 Å². The van der Waals surface area contributed by atoms with Crippen LogP contribution in [0.3, 0.4) is 0 Å². The Morgan fingerprint density at radius 2 is 2.33 bits per heavy atom. The molecule has 0 spiro atoms. The minimum Gasteiger partial charge on any atom is -0.317 e. The zero-order valence-electron chi connectivity index (χ0n) is 10.6. The van der Waals surface area contributed by atoms with Gasteiger partial charge in [-0.1, -0.05) is 0 Å². The highest BCUT2D eigenvalue weighted by Gasteiger charge is 2.17. The van der Waals surface area contributed by atoms with E-state index in [1.807, 2.05) is 19.2 Å². The van der Waals surface area contributed by atoms with Crippen LogP contribution in [0.4, 0.5) is 5.69 Å². The number of rotatable bonds is 4. The molecule has 0 saturated carbocycles. The molecule has 1 N–H and O–H groups in total. The van der Waals surface area contributed by atoms with Crippen molar-refractivity contribution >= 4 is 23.4 Å². The third-order valence-corrected chi connectivity index (χ3v) is 4.49. The molecule has 0 bridgehead atoms. The van der Waals surface area contributed by atoms with Crippen LogP contribution in [-0.2, 0) is 4.79 Å². The fourth-order valence-corrected chi connectivity index (χ4v) is 3.09. The molecule has 2 heterocycles. The molecule has 2 rings (SSSR count). The molecule has 98 valence electrons. The Kier molecular flexibility index (Phi) is 5.01. The molecule has 0 radical (unpaired) electrons. The van der Waals surface area contributed by atoms with Crippen LogP contribution in [0, 0.1) is 0 Å². The summed E-state index contributed by atoms with van der Waals surface area (Å²) < 4.78 is 0. The van der Waals surface area contributed by atoms with Crippen LogP contribution in [0.1, 0.15) is 12.8 Å². The number of thioether (sulfide) groups is 1. The third kappa shape index (κ3) is 3.71. The minimum absolute atomic E-state index is 0.145. The average Bonchev–Trinajstić information content (AvgIpc) is 2.46. The number of nitrogens with one attached hydrogen (secondary N) is 1. The molecule has 1 fully saturated rings. The van der Waals surface area contributed by atoms with Gasteiger partial charge in [-0.15, -0.1) is 11.8 Å². The van der Waals surface area contributed by atoms with Gasteiger partial charge >= 0.3 is 0 Å². The molecule has 4 nitrogen and oxygen atoms in total. The topological polar surface area (TPSA) is 45.2 Å². The SMILES string of the molecule is CN(C(=O)CSC1CCNCC1)c1cccnc1. The number of aromatic nitrogens is 1.